The van der Waals surface area contributed by atoms with Gasteiger partial charge >= 0.3 is 0 Å². The summed E-state index contributed by atoms with van der Waals surface area (Å²) in [5, 5.41) is 0. The van der Waals surface area contributed by atoms with Gasteiger partial charge in [0.05, 0.1) is 0 Å². The summed E-state index contributed by atoms with van der Waals surface area (Å²) in [6.45, 7) is 0. The van der Waals surface area contributed by atoms with Crippen molar-refractivity contribution in [2.24, 2.45) is 0 Å². The molecule has 0 saturated heterocycles. The predicted octanol–water partition coefficient (Wildman–Crippen LogP) is 3.10. The highest BCUT2D eigenvalue weighted by Crippen LogP contribution is 2.11. The molecule has 0 amide bonds. The molecule has 0 atom stereocenters. The molecule has 0 aromatic heterocycles. The highest BCUT2D eigenvalue weighted by Gasteiger charge is 2.09. The Labute approximate surface area is 71.8 Å². The molecule has 68 valence electrons. The summed E-state index contributed by atoms with van der Waals surface area (Å²) in [7, 11) is 0. The molecule has 1 rings (SSSR count). The van der Waals surface area contributed by atoms with Crippen molar-refractivity contribution >= 4 is 11.6 Å². The van der Waals surface area contributed by atoms with Gasteiger partial charge in [-0.3, -0.25) is 0 Å². The number of hydrogen-bond donors (Lipinski definition) is 0. The molecule has 12 heavy (non-hydrogen) atoms. The SMILES string of the molecule is CCl.Fc1cc(F)c(F)c(F)c1. The monoisotopic (exact) mass is 200 g/mol. The second-order valence-electron chi connectivity index (χ2n) is 1.68. The van der Waals surface area contributed by atoms with E-state index < -0.39 is 23.3 Å². The molecule has 0 nitrogen and oxygen atoms in total. The Morgan fingerprint density at radius 3 is 1.58 bits per heavy atom. The van der Waals surface area contributed by atoms with Crippen LogP contribution in [0.25, 0.3) is 0 Å². The summed E-state index contributed by atoms with van der Waals surface area (Å²) in [5.74, 6) is -5.81. The van der Waals surface area contributed by atoms with E-state index in [1.807, 2.05) is 0 Å². The fraction of sp³-hybridized carbons (Fsp3) is 0.143. The molecule has 0 radical (unpaired) electrons. The van der Waals surface area contributed by atoms with Crippen molar-refractivity contribution in [3.05, 3.63) is 35.4 Å². The van der Waals surface area contributed by atoms with Crippen LogP contribution in [0.4, 0.5) is 17.6 Å². The Balaban J connectivity index is 0.000000561. The molecule has 5 heteroatoms. The number of halogens is 5. The van der Waals surface area contributed by atoms with Crippen molar-refractivity contribution in [2.45, 2.75) is 0 Å². The maximum atomic E-state index is 12.0. The lowest BCUT2D eigenvalue weighted by Crippen LogP contribution is -1.91. The Morgan fingerprint density at radius 2 is 1.25 bits per heavy atom. The molecule has 0 N–H and O–H groups in total. The average Bonchev–Trinajstić information content (AvgIpc) is 2.04. The summed E-state index contributed by atoms with van der Waals surface area (Å²) in [6.07, 6.45) is 1.47. The minimum atomic E-state index is -1.65. The van der Waals surface area contributed by atoms with Gasteiger partial charge in [-0.15, -0.1) is 11.6 Å². The molecule has 0 bridgehead atoms. The van der Waals surface area contributed by atoms with Crippen molar-refractivity contribution in [3.63, 3.8) is 0 Å². The van der Waals surface area contributed by atoms with Gasteiger partial charge in [-0.25, -0.2) is 17.6 Å². The normalized spacial score (nSPS) is 8.83. The van der Waals surface area contributed by atoms with Crippen LogP contribution in [0.3, 0.4) is 0 Å². The van der Waals surface area contributed by atoms with Gasteiger partial charge in [0.25, 0.3) is 0 Å². The van der Waals surface area contributed by atoms with Crippen LogP contribution in [0.15, 0.2) is 12.1 Å². The quantitative estimate of drug-likeness (QED) is 0.261. The van der Waals surface area contributed by atoms with Crippen LogP contribution in [-0.4, -0.2) is 6.38 Å². The van der Waals surface area contributed by atoms with Gasteiger partial charge in [0.2, 0.25) is 0 Å². The molecule has 1 aromatic carbocycles. The van der Waals surface area contributed by atoms with E-state index in [0.717, 1.165) is 0 Å². The molecule has 0 aliphatic heterocycles. The summed E-state index contributed by atoms with van der Waals surface area (Å²) in [6, 6.07) is 0.552. The van der Waals surface area contributed by atoms with E-state index >= 15 is 0 Å². The smallest absolute Gasteiger partial charge is 0.194 e. The molecule has 0 saturated carbocycles. The lowest BCUT2D eigenvalue weighted by molar-refractivity contribution is 0.434. The Hall–Kier alpha value is -0.770. The number of benzene rings is 1. The first-order valence-electron chi connectivity index (χ1n) is 2.79. The topological polar surface area (TPSA) is 0 Å². The average molecular weight is 201 g/mol. The fourth-order valence-corrected chi connectivity index (χ4v) is 0.525. The maximum absolute atomic E-state index is 12.0. The first-order valence-corrected chi connectivity index (χ1v) is 3.54. The standard InChI is InChI=1S/C6H2F4.CH3Cl/c7-3-1-4(8)6(10)5(9)2-3;1-2/h1-2H;1H3. The molecule has 0 aliphatic carbocycles. The van der Waals surface area contributed by atoms with E-state index in [0.29, 0.717) is 0 Å². The lowest BCUT2D eigenvalue weighted by atomic mass is 10.3. The van der Waals surface area contributed by atoms with Crippen molar-refractivity contribution in [2.75, 3.05) is 6.38 Å². The zero-order valence-electron chi connectivity index (χ0n) is 6.04. The van der Waals surface area contributed by atoms with Gasteiger partial charge in [0.1, 0.15) is 5.82 Å². The summed E-state index contributed by atoms with van der Waals surface area (Å²) in [5.41, 5.74) is 0. The molecule has 0 unspecified atom stereocenters. The molecule has 0 spiro atoms. The predicted molar refractivity (Wildman–Crippen MR) is 38.1 cm³/mol. The molecule has 0 aliphatic rings. The first-order chi connectivity index (χ1) is 5.61. The second-order valence-corrected chi connectivity index (χ2v) is 1.68. The van der Waals surface area contributed by atoms with Gasteiger partial charge in [0.15, 0.2) is 17.5 Å². The summed E-state index contributed by atoms with van der Waals surface area (Å²) >= 11 is 4.64. The number of rotatable bonds is 0. The van der Waals surface area contributed by atoms with Gasteiger partial charge in [-0.2, -0.15) is 0 Å². The Bertz CT molecular complexity index is 239. The maximum Gasteiger partial charge on any atom is 0.194 e. The number of alkyl halides is 1. The van der Waals surface area contributed by atoms with E-state index in [4.69, 9.17) is 0 Å². The molecular formula is C7H5ClF4. The summed E-state index contributed by atoms with van der Waals surface area (Å²) in [4.78, 5) is 0. The third kappa shape index (κ3) is 2.70. The Kier molecular flexibility index (Phi) is 4.66. The fourth-order valence-electron chi connectivity index (χ4n) is 0.525. The van der Waals surface area contributed by atoms with Crippen LogP contribution >= 0.6 is 11.6 Å². The highest BCUT2D eigenvalue weighted by molar-refractivity contribution is 6.15. The van der Waals surface area contributed by atoms with Crippen molar-refractivity contribution in [1.82, 2.24) is 0 Å². The van der Waals surface area contributed by atoms with Crippen LogP contribution in [0, 0.1) is 23.3 Å². The number of hydrogen-bond acceptors (Lipinski definition) is 0. The largest absolute Gasteiger partial charge is 0.207 e. The van der Waals surface area contributed by atoms with Gasteiger partial charge in [0, 0.05) is 18.5 Å². The van der Waals surface area contributed by atoms with E-state index in [1.54, 1.807) is 0 Å². The lowest BCUT2D eigenvalue weighted by Gasteiger charge is -1.92. The van der Waals surface area contributed by atoms with Gasteiger partial charge in [-0.1, -0.05) is 0 Å². The molecule has 0 fully saturated rings. The van der Waals surface area contributed by atoms with Crippen molar-refractivity contribution < 1.29 is 17.6 Å². The third-order valence-corrected chi connectivity index (χ3v) is 0.949. The minimum Gasteiger partial charge on any atom is -0.207 e. The molecular weight excluding hydrogens is 196 g/mol. The van der Waals surface area contributed by atoms with E-state index in [1.165, 1.54) is 6.38 Å². The first kappa shape index (κ1) is 11.2. The van der Waals surface area contributed by atoms with Crippen molar-refractivity contribution in [1.29, 1.82) is 0 Å². The van der Waals surface area contributed by atoms with Gasteiger partial charge in [-0.05, 0) is 0 Å². The highest BCUT2D eigenvalue weighted by atomic mass is 35.5. The summed E-state index contributed by atoms with van der Waals surface area (Å²) < 4.78 is 47.9. The van der Waals surface area contributed by atoms with Crippen LogP contribution in [0.1, 0.15) is 0 Å². The van der Waals surface area contributed by atoms with E-state index in [2.05, 4.69) is 11.6 Å². The third-order valence-electron chi connectivity index (χ3n) is 0.949. The molecule has 0 heterocycles. The van der Waals surface area contributed by atoms with Crippen molar-refractivity contribution in [3.8, 4) is 0 Å². The zero-order valence-corrected chi connectivity index (χ0v) is 6.80. The van der Waals surface area contributed by atoms with Crippen LogP contribution < -0.4 is 0 Å². The second kappa shape index (κ2) is 4.98. The van der Waals surface area contributed by atoms with Crippen LogP contribution in [0.2, 0.25) is 0 Å². The van der Waals surface area contributed by atoms with E-state index in [9.17, 15) is 17.6 Å². The Morgan fingerprint density at radius 1 is 0.917 bits per heavy atom. The van der Waals surface area contributed by atoms with Gasteiger partial charge < -0.3 is 0 Å². The van der Waals surface area contributed by atoms with E-state index in [-0.39, 0.29) is 12.1 Å². The molecule has 1 aromatic rings. The van der Waals surface area contributed by atoms with Crippen LogP contribution in [0.5, 0.6) is 0 Å². The zero-order chi connectivity index (χ0) is 9.72. The van der Waals surface area contributed by atoms with Crippen LogP contribution in [-0.2, 0) is 0 Å². The minimum absolute atomic E-state index is 0.276.